The van der Waals surface area contributed by atoms with Crippen LogP contribution in [0.25, 0.3) is 0 Å². The monoisotopic (exact) mass is 268 g/mol. The van der Waals surface area contributed by atoms with Crippen LogP contribution in [-0.4, -0.2) is 56.5 Å². The maximum Gasteiger partial charge on any atom is 0.341 e. The molecule has 0 unspecified atom stereocenters. The molecule has 1 heterocycles. The number of amides is 1. The predicted molar refractivity (Wildman–Crippen MR) is 69.8 cm³/mol. The van der Waals surface area contributed by atoms with Crippen molar-refractivity contribution in [2.75, 3.05) is 34.8 Å². The minimum Gasteiger partial charge on any atom is -0.465 e. The van der Waals surface area contributed by atoms with Gasteiger partial charge >= 0.3 is 5.97 Å². The Morgan fingerprint density at radius 1 is 1.32 bits per heavy atom. The molecule has 0 spiro atoms. The number of esters is 1. The Bertz CT molecular complexity index is 465. The topological polar surface area (TPSA) is 63.0 Å². The van der Waals surface area contributed by atoms with Crippen LogP contribution >= 0.6 is 0 Å². The normalized spacial score (nSPS) is 10.6. The number of furan rings is 1. The predicted octanol–water partition coefficient (Wildman–Crippen LogP) is 0.895. The number of hydrogen-bond donors (Lipinski definition) is 0. The smallest absolute Gasteiger partial charge is 0.341 e. The van der Waals surface area contributed by atoms with Crippen LogP contribution in [-0.2, 0) is 16.1 Å². The average molecular weight is 268 g/mol. The van der Waals surface area contributed by atoms with E-state index in [-0.39, 0.29) is 5.91 Å². The zero-order chi connectivity index (χ0) is 14.6. The Labute approximate surface area is 112 Å². The molecule has 0 saturated carbocycles. The summed E-state index contributed by atoms with van der Waals surface area (Å²) in [4.78, 5) is 26.3. The van der Waals surface area contributed by atoms with E-state index in [2.05, 4.69) is 4.74 Å². The first kappa shape index (κ1) is 15.2. The van der Waals surface area contributed by atoms with Gasteiger partial charge in [-0.25, -0.2) is 4.79 Å². The highest BCUT2D eigenvalue weighted by atomic mass is 16.5. The van der Waals surface area contributed by atoms with Crippen LogP contribution in [0.1, 0.15) is 21.9 Å². The van der Waals surface area contributed by atoms with Crippen molar-refractivity contribution in [1.29, 1.82) is 0 Å². The molecule has 1 rings (SSSR count). The minimum absolute atomic E-state index is 0.0129. The van der Waals surface area contributed by atoms with Gasteiger partial charge in [-0.3, -0.25) is 9.69 Å². The highest BCUT2D eigenvalue weighted by Gasteiger charge is 2.17. The molecule has 0 aromatic carbocycles. The molecule has 6 nitrogen and oxygen atoms in total. The van der Waals surface area contributed by atoms with Gasteiger partial charge in [0.25, 0.3) is 0 Å². The van der Waals surface area contributed by atoms with E-state index < -0.39 is 5.97 Å². The molecule has 1 amide bonds. The van der Waals surface area contributed by atoms with E-state index in [0.717, 1.165) is 0 Å². The van der Waals surface area contributed by atoms with Crippen LogP contribution in [0, 0.1) is 6.92 Å². The van der Waals surface area contributed by atoms with Crippen LogP contribution in [0.3, 0.4) is 0 Å². The fourth-order valence-electron chi connectivity index (χ4n) is 1.63. The van der Waals surface area contributed by atoms with E-state index in [0.29, 0.717) is 30.2 Å². The van der Waals surface area contributed by atoms with Crippen LogP contribution in [0.15, 0.2) is 10.5 Å². The van der Waals surface area contributed by atoms with Crippen LogP contribution < -0.4 is 0 Å². The molecule has 1 aromatic heterocycles. The number of likely N-dealkylation sites (N-methyl/N-ethyl adjacent to an activating group) is 2. The first-order chi connectivity index (χ1) is 8.85. The first-order valence-electron chi connectivity index (χ1n) is 5.91. The number of aryl methyl sites for hydroxylation is 1. The lowest BCUT2D eigenvalue weighted by molar-refractivity contribution is -0.129. The second kappa shape index (κ2) is 6.38. The first-order valence-corrected chi connectivity index (χ1v) is 5.91. The van der Waals surface area contributed by atoms with E-state index in [9.17, 15) is 9.59 Å². The highest BCUT2D eigenvalue weighted by molar-refractivity contribution is 5.90. The Hall–Kier alpha value is -1.82. The molecule has 0 aliphatic rings. The minimum atomic E-state index is -0.417. The Balaban J connectivity index is 2.67. The lowest BCUT2D eigenvalue weighted by Crippen LogP contribution is -2.33. The molecule has 0 fully saturated rings. The van der Waals surface area contributed by atoms with E-state index in [1.807, 2.05) is 11.9 Å². The number of hydrogen-bond acceptors (Lipinski definition) is 5. The van der Waals surface area contributed by atoms with E-state index in [1.54, 1.807) is 27.1 Å². The quantitative estimate of drug-likeness (QED) is 0.742. The zero-order valence-corrected chi connectivity index (χ0v) is 12.0. The molecule has 6 heteroatoms. The van der Waals surface area contributed by atoms with Crippen molar-refractivity contribution in [2.24, 2.45) is 0 Å². The molecule has 0 N–H and O–H groups in total. The molecule has 0 radical (unpaired) electrons. The molecular weight excluding hydrogens is 248 g/mol. The number of ether oxygens (including phenoxy) is 1. The molecule has 0 aliphatic heterocycles. The zero-order valence-electron chi connectivity index (χ0n) is 12.0. The van der Waals surface area contributed by atoms with E-state index >= 15 is 0 Å². The molecule has 0 saturated heterocycles. The standard InChI is InChI=1S/C13H20N2O4/c1-9-11(13(17)18-5)6-10(19-9)7-15(4)8-12(16)14(2)3/h6H,7-8H2,1-5H3. The van der Waals surface area contributed by atoms with Crippen molar-refractivity contribution in [3.63, 3.8) is 0 Å². The summed E-state index contributed by atoms with van der Waals surface area (Å²) in [6.45, 7) is 2.46. The van der Waals surface area contributed by atoms with Gasteiger partial charge in [-0.05, 0) is 20.0 Å². The molecule has 19 heavy (non-hydrogen) atoms. The van der Waals surface area contributed by atoms with Gasteiger partial charge in [0.05, 0.1) is 20.2 Å². The summed E-state index contributed by atoms with van der Waals surface area (Å²) in [5, 5.41) is 0. The number of nitrogens with zero attached hydrogens (tertiary/aromatic N) is 2. The summed E-state index contributed by atoms with van der Waals surface area (Å²) in [6, 6.07) is 1.65. The maximum atomic E-state index is 11.5. The third-order valence-electron chi connectivity index (χ3n) is 2.70. The van der Waals surface area contributed by atoms with Crippen molar-refractivity contribution in [3.8, 4) is 0 Å². The van der Waals surface area contributed by atoms with Gasteiger partial charge in [0.1, 0.15) is 17.1 Å². The summed E-state index contributed by atoms with van der Waals surface area (Å²) in [5.74, 6) is 0.750. The third kappa shape index (κ3) is 4.10. The van der Waals surface area contributed by atoms with E-state index in [1.165, 1.54) is 12.0 Å². The van der Waals surface area contributed by atoms with Gasteiger partial charge in [-0.15, -0.1) is 0 Å². The molecule has 0 bridgehead atoms. The van der Waals surface area contributed by atoms with Crippen LogP contribution in [0.2, 0.25) is 0 Å². The van der Waals surface area contributed by atoms with Gasteiger partial charge in [-0.2, -0.15) is 0 Å². The van der Waals surface area contributed by atoms with Crippen molar-refractivity contribution in [3.05, 3.63) is 23.2 Å². The van der Waals surface area contributed by atoms with Gasteiger partial charge < -0.3 is 14.1 Å². The fraction of sp³-hybridized carbons (Fsp3) is 0.538. The number of rotatable bonds is 5. The Morgan fingerprint density at radius 3 is 2.47 bits per heavy atom. The maximum absolute atomic E-state index is 11.5. The van der Waals surface area contributed by atoms with Crippen molar-refractivity contribution < 1.29 is 18.7 Å². The second-order valence-electron chi connectivity index (χ2n) is 4.63. The lowest BCUT2D eigenvalue weighted by Gasteiger charge is -2.17. The summed E-state index contributed by atoms with van der Waals surface area (Å²) in [7, 11) is 6.57. The largest absolute Gasteiger partial charge is 0.465 e. The van der Waals surface area contributed by atoms with Crippen molar-refractivity contribution >= 4 is 11.9 Å². The lowest BCUT2D eigenvalue weighted by atomic mass is 10.2. The third-order valence-corrected chi connectivity index (χ3v) is 2.70. The molecule has 0 atom stereocenters. The number of carbonyl (C=O) groups excluding carboxylic acids is 2. The summed E-state index contributed by atoms with van der Waals surface area (Å²) < 4.78 is 10.1. The number of methoxy groups -OCH3 is 1. The average Bonchev–Trinajstić information content (AvgIpc) is 2.68. The molecular formula is C13H20N2O4. The van der Waals surface area contributed by atoms with Gasteiger partial charge in [-0.1, -0.05) is 0 Å². The summed E-state index contributed by atoms with van der Waals surface area (Å²) >= 11 is 0. The summed E-state index contributed by atoms with van der Waals surface area (Å²) in [5.41, 5.74) is 0.421. The molecule has 0 aliphatic carbocycles. The van der Waals surface area contributed by atoms with E-state index in [4.69, 9.17) is 4.42 Å². The molecule has 1 aromatic rings. The number of carbonyl (C=O) groups is 2. The second-order valence-corrected chi connectivity index (χ2v) is 4.63. The Kier molecular flexibility index (Phi) is 5.11. The van der Waals surface area contributed by atoms with Crippen molar-refractivity contribution in [2.45, 2.75) is 13.5 Å². The van der Waals surface area contributed by atoms with Crippen molar-refractivity contribution in [1.82, 2.24) is 9.80 Å². The fourth-order valence-corrected chi connectivity index (χ4v) is 1.63. The Morgan fingerprint density at radius 2 is 1.95 bits per heavy atom. The SMILES string of the molecule is COC(=O)c1cc(CN(C)CC(=O)N(C)C)oc1C. The summed E-state index contributed by atoms with van der Waals surface area (Å²) in [6.07, 6.45) is 0. The van der Waals surface area contributed by atoms with Crippen LogP contribution in [0.5, 0.6) is 0 Å². The highest BCUT2D eigenvalue weighted by Crippen LogP contribution is 2.16. The van der Waals surface area contributed by atoms with Gasteiger partial charge in [0.15, 0.2) is 0 Å². The molecule has 106 valence electrons. The van der Waals surface area contributed by atoms with Gasteiger partial charge in [0, 0.05) is 14.1 Å². The van der Waals surface area contributed by atoms with Crippen LogP contribution in [0.4, 0.5) is 0 Å². The van der Waals surface area contributed by atoms with Gasteiger partial charge in [0.2, 0.25) is 5.91 Å².